The second kappa shape index (κ2) is 5.94. The van der Waals surface area contributed by atoms with E-state index in [2.05, 4.69) is 16.4 Å². The van der Waals surface area contributed by atoms with Crippen LogP contribution in [0.25, 0.3) is 0 Å². The van der Waals surface area contributed by atoms with E-state index in [1.165, 1.54) is 7.05 Å². The highest BCUT2D eigenvalue weighted by Gasteiger charge is 2.54. The van der Waals surface area contributed by atoms with Crippen LogP contribution in [0.15, 0.2) is 47.5 Å². The SMILES string of the molecule is Cc1cc2c(cc1C)N(C)C1=NC(=O)N(C)C(=O)C1(Cc1ccccc1)N2. The molecule has 0 aromatic heterocycles. The lowest BCUT2D eigenvalue weighted by atomic mass is 9.83. The number of hydrogen-bond donors (Lipinski definition) is 1. The maximum absolute atomic E-state index is 13.3. The molecule has 1 N–H and O–H groups in total. The lowest BCUT2D eigenvalue weighted by molar-refractivity contribution is -0.130. The van der Waals surface area contributed by atoms with Gasteiger partial charge in [-0.25, -0.2) is 4.79 Å². The molecule has 2 aromatic carbocycles. The smallest absolute Gasteiger partial charge is 0.351 e. The first-order chi connectivity index (χ1) is 12.8. The zero-order valence-electron chi connectivity index (χ0n) is 15.9. The van der Waals surface area contributed by atoms with Crippen LogP contribution in [0, 0.1) is 13.8 Å². The van der Waals surface area contributed by atoms with Crippen molar-refractivity contribution in [2.24, 2.45) is 4.99 Å². The zero-order chi connectivity index (χ0) is 19.3. The first-order valence-corrected chi connectivity index (χ1v) is 8.92. The Bertz CT molecular complexity index is 983. The molecule has 0 aliphatic carbocycles. The summed E-state index contributed by atoms with van der Waals surface area (Å²) in [7, 11) is 3.34. The van der Waals surface area contributed by atoms with E-state index in [-0.39, 0.29) is 5.91 Å². The van der Waals surface area contributed by atoms with Gasteiger partial charge in [0.15, 0.2) is 11.4 Å². The average Bonchev–Trinajstić information content (AvgIpc) is 2.65. The molecule has 6 heteroatoms. The fraction of sp³-hybridized carbons (Fsp3) is 0.286. The highest BCUT2D eigenvalue weighted by atomic mass is 16.2. The van der Waals surface area contributed by atoms with Crippen molar-refractivity contribution in [2.75, 3.05) is 24.3 Å². The summed E-state index contributed by atoms with van der Waals surface area (Å²) in [5, 5.41) is 3.44. The predicted molar refractivity (Wildman–Crippen MR) is 106 cm³/mol. The molecule has 0 saturated carbocycles. The van der Waals surface area contributed by atoms with Gasteiger partial charge in [-0.3, -0.25) is 9.69 Å². The van der Waals surface area contributed by atoms with E-state index >= 15 is 0 Å². The van der Waals surface area contributed by atoms with E-state index < -0.39 is 11.6 Å². The molecule has 1 unspecified atom stereocenters. The van der Waals surface area contributed by atoms with Crippen molar-refractivity contribution in [1.29, 1.82) is 0 Å². The van der Waals surface area contributed by atoms with Crippen LogP contribution in [0.4, 0.5) is 16.2 Å². The molecule has 0 fully saturated rings. The van der Waals surface area contributed by atoms with Crippen molar-refractivity contribution >= 4 is 29.1 Å². The molecule has 0 radical (unpaired) electrons. The number of amides is 3. The molecule has 0 spiro atoms. The number of urea groups is 1. The first kappa shape index (κ1) is 17.3. The molecule has 27 heavy (non-hydrogen) atoms. The van der Waals surface area contributed by atoms with E-state index in [9.17, 15) is 9.59 Å². The molecule has 2 aliphatic heterocycles. The highest BCUT2D eigenvalue weighted by molar-refractivity contribution is 6.30. The zero-order valence-corrected chi connectivity index (χ0v) is 15.9. The molecular weight excluding hydrogens is 340 g/mol. The number of imide groups is 1. The Morgan fingerprint density at radius 1 is 1.00 bits per heavy atom. The summed E-state index contributed by atoms with van der Waals surface area (Å²) >= 11 is 0. The number of carbonyl (C=O) groups excluding carboxylic acids is 2. The Hall–Kier alpha value is -3.15. The molecular formula is C21H22N4O2. The van der Waals surface area contributed by atoms with E-state index in [0.29, 0.717) is 12.3 Å². The van der Waals surface area contributed by atoms with Gasteiger partial charge in [-0.1, -0.05) is 30.3 Å². The van der Waals surface area contributed by atoms with Gasteiger partial charge < -0.3 is 10.2 Å². The normalized spacial score (nSPS) is 21.4. The number of nitrogens with zero attached hydrogens (tertiary/aromatic N) is 3. The number of anilines is 2. The molecule has 2 aromatic rings. The molecule has 2 aliphatic rings. The molecule has 138 valence electrons. The number of aryl methyl sites for hydroxylation is 2. The number of hydrogen-bond acceptors (Lipinski definition) is 4. The number of aliphatic imine (C=N–C) groups is 1. The van der Waals surface area contributed by atoms with Crippen molar-refractivity contribution in [1.82, 2.24) is 4.90 Å². The Kier molecular flexibility index (Phi) is 3.80. The Labute approximate surface area is 158 Å². The minimum Gasteiger partial charge on any atom is -0.363 e. The van der Waals surface area contributed by atoms with Gasteiger partial charge in [-0.05, 0) is 42.7 Å². The van der Waals surface area contributed by atoms with Gasteiger partial charge in [-0.15, -0.1) is 0 Å². The maximum atomic E-state index is 13.3. The van der Waals surface area contributed by atoms with Gasteiger partial charge >= 0.3 is 6.03 Å². The minimum atomic E-state index is -1.12. The van der Waals surface area contributed by atoms with Crippen LogP contribution in [-0.2, 0) is 11.2 Å². The van der Waals surface area contributed by atoms with E-state index in [4.69, 9.17) is 0 Å². The summed E-state index contributed by atoms with van der Waals surface area (Å²) < 4.78 is 0. The van der Waals surface area contributed by atoms with Crippen LogP contribution in [0.5, 0.6) is 0 Å². The molecule has 4 rings (SSSR count). The quantitative estimate of drug-likeness (QED) is 0.891. The second-order valence-corrected chi connectivity index (χ2v) is 7.29. The summed E-state index contributed by atoms with van der Waals surface area (Å²) in [5.41, 5.74) is 3.93. The maximum Gasteiger partial charge on any atom is 0.351 e. The highest BCUT2D eigenvalue weighted by Crippen LogP contribution is 2.40. The molecule has 1 atom stereocenters. The monoisotopic (exact) mass is 362 g/mol. The average molecular weight is 362 g/mol. The third-order valence-corrected chi connectivity index (χ3v) is 5.49. The Morgan fingerprint density at radius 2 is 1.67 bits per heavy atom. The van der Waals surface area contributed by atoms with Crippen molar-refractivity contribution in [3.63, 3.8) is 0 Å². The van der Waals surface area contributed by atoms with E-state index in [1.807, 2.05) is 62.2 Å². The van der Waals surface area contributed by atoms with Gasteiger partial charge in [0.2, 0.25) is 0 Å². The standard InChI is InChI=1S/C21H22N4O2/c1-13-10-16-17(11-14(13)2)24(3)18-21(23-16,12-15-8-6-5-7-9-15)19(26)25(4)20(27)22-18/h5-11,23H,12H2,1-4H3. The van der Waals surface area contributed by atoms with Gasteiger partial charge in [0.05, 0.1) is 11.4 Å². The van der Waals surface area contributed by atoms with E-state index in [1.54, 1.807) is 0 Å². The molecule has 0 saturated heterocycles. The first-order valence-electron chi connectivity index (χ1n) is 8.92. The van der Waals surface area contributed by atoms with Crippen LogP contribution in [-0.4, -0.2) is 42.3 Å². The molecule has 3 amide bonds. The molecule has 6 nitrogen and oxygen atoms in total. The number of likely N-dealkylation sites (N-methyl/N-ethyl adjacent to an activating group) is 2. The number of fused-ring (bicyclic) bond motifs is 2. The topological polar surface area (TPSA) is 65.0 Å². The van der Waals surface area contributed by atoms with Crippen molar-refractivity contribution in [3.05, 3.63) is 59.2 Å². The van der Waals surface area contributed by atoms with Crippen LogP contribution in [0.2, 0.25) is 0 Å². The lowest BCUT2D eigenvalue weighted by Crippen LogP contribution is -2.69. The summed E-state index contributed by atoms with van der Waals surface area (Å²) in [4.78, 5) is 32.9. The summed E-state index contributed by atoms with van der Waals surface area (Å²) in [5.74, 6) is 0.146. The summed E-state index contributed by atoms with van der Waals surface area (Å²) in [6, 6.07) is 13.4. The van der Waals surface area contributed by atoms with Crippen LogP contribution >= 0.6 is 0 Å². The molecule has 0 bridgehead atoms. The van der Waals surface area contributed by atoms with E-state index in [0.717, 1.165) is 33.0 Å². The van der Waals surface area contributed by atoms with Crippen LogP contribution < -0.4 is 10.2 Å². The fourth-order valence-electron chi connectivity index (χ4n) is 3.82. The number of rotatable bonds is 2. The van der Waals surface area contributed by atoms with Gasteiger partial charge in [0.25, 0.3) is 5.91 Å². The number of carbonyl (C=O) groups is 2. The largest absolute Gasteiger partial charge is 0.363 e. The lowest BCUT2D eigenvalue weighted by Gasteiger charge is -2.47. The van der Waals surface area contributed by atoms with Crippen LogP contribution in [0.3, 0.4) is 0 Å². The van der Waals surface area contributed by atoms with Crippen LogP contribution in [0.1, 0.15) is 16.7 Å². The Morgan fingerprint density at radius 3 is 2.37 bits per heavy atom. The van der Waals surface area contributed by atoms with Gasteiger partial charge in [-0.2, -0.15) is 4.99 Å². The second-order valence-electron chi connectivity index (χ2n) is 7.29. The molecule has 2 heterocycles. The number of benzene rings is 2. The van der Waals surface area contributed by atoms with Gasteiger partial charge in [0.1, 0.15) is 0 Å². The summed E-state index contributed by atoms with van der Waals surface area (Å²) in [6.07, 6.45) is 0.403. The van der Waals surface area contributed by atoms with Gasteiger partial charge in [0, 0.05) is 20.5 Å². The number of amidine groups is 1. The fourth-order valence-corrected chi connectivity index (χ4v) is 3.82. The third kappa shape index (κ3) is 2.51. The predicted octanol–water partition coefficient (Wildman–Crippen LogP) is 3.14. The third-order valence-electron chi connectivity index (χ3n) is 5.49. The van der Waals surface area contributed by atoms with Crippen molar-refractivity contribution in [2.45, 2.75) is 25.8 Å². The summed E-state index contributed by atoms with van der Waals surface area (Å²) in [6.45, 7) is 4.09. The Balaban J connectivity index is 1.93. The van der Waals surface area contributed by atoms with Crippen molar-refractivity contribution in [3.8, 4) is 0 Å². The number of nitrogens with one attached hydrogen (secondary N) is 1. The van der Waals surface area contributed by atoms with Crippen molar-refractivity contribution < 1.29 is 9.59 Å². The minimum absolute atomic E-state index is 0.294.